The molecule has 2 heteroatoms. The smallest absolute Gasteiger partial charge is 0.0209 e. The lowest BCUT2D eigenvalue weighted by molar-refractivity contribution is 0.352. The highest BCUT2D eigenvalue weighted by Gasteiger charge is 2.18. The van der Waals surface area contributed by atoms with Crippen molar-refractivity contribution in [3.8, 4) is 0 Å². The van der Waals surface area contributed by atoms with Crippen LogP contribution < -0.4 is 5.43 Å². The van der Waals surface area contributed by atoms with Crippen molar-refractivity contribution >= 4 is 0 Å². The van der Waals surface area contributed by atoms with Crippen molar-refractivity contribution in [1.82, 2.24) is 10.4 Å². The molecule has 0 aromatic carbocycles. The van der Waals surface area contributed by atoms with E-state index in [1.807, 2.05) is 5.01 Å². The molecule has 0 aromatic rings. The summed E-state index contributed by atoms with van der Waals surface area (Å²) in [5.74, 6) is 0. The molecule has 0 atom stereocenters. The highest BCUT2D eigenvalue weighted by Crippen LogP contribution is 2.30. The zero-order valence-corrected chi connectivity index (χ0v) is 9.09. The molecule has 0 aromatic heterocycles. The van der Waals surface area contributed by atoms with Gasteiger partial charge in [-0.3, -0.25) is 5.01 Å². The maximum absolute atomic E-state index is 3.26. The molecule has 0 bridgehead atoms. The molecule has 0 amide bonds. The fraction of sp³-hybridized carbons (Fsp3) is 0.636. The standard InChI is InChI=1S/C11H20N2/c1-5-12-13-8-6-7-10(9-13)11(2,3)4/h6,8-9,12H,5,7H2,1-4H3. The Morgan fingerprint density at radius 3 is 2.69 bits per heavy atom. The predicted molar refractivity (Wildman–Crippen MR) is 56.8 cm³/mol. The third kappa shape index (κ3) is 2.88. The van der Waals surface area contributed by atoms with Crippen LogP contribution in [0, 0.1) is 5.41 Å². The molecular weight excluding hydrogens is 160 g/mol. The van der Waals surface area contributed by atoms with Crippen LogP contribution in [0.4, 0.5) is 0 Å². The van der Waals surface area contributed by atoms with Gasteiger partial charge in [0.2, 0.25) is 0 Å². The second-order valence-corrected chi connectivity index (χ2v) is 4.41. The number of nitrogens with one attached hydrogen (secondary N) is 1. The molecule has 2 nitrogen and oxygen atoms in total. The number of hydrogen-bond acceptors (Lipinski definition) is 2. The highest BCUT2D eigenvalue weighted by atomic mass is 15.5. The minimum absolute atomic E-state index is 0.276. The Bertz CT molecular complexity index is 221. The molecule has 74 valence electrons. The number of nitrogens with zero attached hydrogens (tertiary/aromatic N) is 1. The van der Waals surface area contributed by atoms with Crippen molar-refractivity contribution in [2.24, 2.45) is 5.41 Å². The predicted octanol–water partition coefficient (Wildman–Crippen LogP) is 2.66. The van der Waals surface area contributed by atoms with Gasteiger partial charge < -0.3 is 0 Å². The van der Waals surface area contributed by atoms with E-state index in [2.05, 4.69) is 51.6 Å². The fourth-order valence-electron chi connectivity index (χ4n) is 1.34. The molecule has 0 fully saturated rings. The summed E-state index contributed by atoms with van der Waals surface area (Å²) >= 11 is 0. The Morgan fingerprint density at radius 1 is 1.46 bits per heavy atom. The van der Waals surface area contributed by atoms with Crippen LogP contribution in [0.5, 0.6) is 0 Å². The van der Waals surface area contributed by atoms with Crippen LogP contribution in [-0.2, 0) is 0 Å². The van der Waals surface area contributed by atoms with Gasteiger partial charge in [0, 0.05) is 18.9 Å². The van der Waals surface area contributed by atoms with Crippen molar-refractivity contribution in [1.29, 1.82) is 0 Å². The molecule has 0 aliphatic carbocycles. The Kier molecular flexibility index (Phi) is 3.15. The third-order valence-electron chi connectivity index (χ3n) is 2.20. The largest absolute Gasteiger partial charge is 0.292 e. The monoisotopic (exact) mass is 180 g/mol. The summed E-state index contributed by atoms with van der Waals surface area (Å²) in [6, 6.07) is 0. The lowest BCUT2D eigenvalue weighted by Crippen LogP contribution is -2.31. The number of hydrazine groups is 1. The summed E-state index contributed by atoms with van der Waals surface area (Å²) < 4.78 is 0. The van der Waals surface area contributed by atoms with Crippen LogP contribution in [0.2, 0.25) is 0 Å². The van der Waals surface area contributed by atoms with Crippen LogP contribution >= 0.6 is 0 Å². The van der Waals surface area contributed by atoms with E-state index >= 15 is 0 Å². The molecular formula is C11H20N2. The SMILES string of the molecule is CCNN1C=CCC(C(C)(C)C)=C1. The number of hydrogen-bond donors (Lipinski definition) is 1. The fourth-order valence-corrected chi connectivity index (χ4v) is 1.34. The second kappa shape index (κ2) is 3.97. The van der Waals surface area contributed by atoms with Gasteiger partial charge in [-0.1, -0.05) is 33.8 Å². The normalized spacial score (nSPS) is 17.5. The maximum Gasteiger partial charge on any atom is 0.0209 e. The van der Waals surface area contributed by atoms with E-state index in [1.165, 1.54) is 5.57 Å². The van der Waals surface area contributed by atoms with Gasteiger partial charge in [-0.2, -0.15) is 0 Å². The van der Waals surface area contributed by atoms with E-state index in [0.717, 1.165) is 13.0 Å². The topological polar surface area (TPSA) is 15.3 Å². The molecule has 1 N–H and O–H groups in total. The van der Waals surface area contributed by atoms with E-state index in [1.54, 1.807) is 0 Å². The van der Waals surface area contributed by atoms with Crippen LogP contribution in [0.3, 0.4) is 0 Å². The summed E-state index contributed by atoms with van der Waals surface area (Å²) in [5, 5.41) is 2.05. The molecule has 13 heavy (non-hydrogen) atoms. The van der Waals surface area contributed by atoms with Gasteiger partial charge in [0.05, 0.1) is 0 Å². The van der Waals surface area contributed by atoms with Crippen molar-refractivity contribution in [2.45, 2.75) is 34.1 Å². The van der Waals surface area contributed by atoms with Gasteiger partial charge in [-0.05, 0) is 17.4 Å². The van der Waals surface area contributed by atoms with E-state index in [9.17, 15) is 0 Å². The van der Waals surface area contributed by atoms with Gasteiger partial charge >= 0.3 is 0 Å². The third-order valence-corrected chi connectivity index (χ3v) is 2.20. The zero-order chi connectivity index (χ0) is 9.90. The molecule has 0 saturated heterocycles. The Hall–Kier alpha value is -0.760. The van der Waals surface area contributed by atoms with Gasteiger partial charge in [-0.15, -0.1) is 0 Å². The molecule has 1 rings (SSSR count). The lowest BCUT2D eigenvalue weighted by Gasteiger charge is -2.28. The first kappa shape index (κ1) is 10.3. The molecule has 0 unspecified atom stereocenters. The highest BCUT2D eigenvalue weighted by molar-refractivity contribution is 5.18. The van der Waals surface area contributed by atoms with Crippen LogP contribution in [-0.4, -0.2) is 11.6 Å². The molecule has 1 heterocycles. The van der Waals surface area contributed by atoms with Gasteiger partial charge in [0.15, 0.2) is 0 Å². The number of rotatable bonds is 2. The molecule has 0 radical (unpaired) electrons. The van der Waals surface area contributed by atoms with Crippen molar-refractivity contribution < 1.29 is 0 Å². The van der Waals surface area contributed by atoms with E-state index in [4.69, 9.17) is 0 Å². The van der Waals surface area contributed by atoms with Gasteiger partial charge in [0.1, 0.15) is 0 Å². The zero-order valence-electron chi connectivity index (χ0n) is 9.09. The summed E-state index contributed by atoms with van der Waals surface area (Å²) in [6.07, 6.45) is 7.55. The van der Waals surface area contributed by atoms with E-state index in [0.29, 0.717) is 0 Å². The minimum atomic E-state index is 0.276. The number of allylic oxidation sites excluding steroid dienone is 2. The van der Waals surface area contributed by atoms with Crippen molar-refractivity contribution in [2.75, 3.05) is 6.54 Å². The van der Waals surface area contributed by atoms with Crippen LogP contribution in [0.25, 0.3) is 0 Å². The molecule has 0 saturated carbocycles. The first-order valence-electron chi connectivity index (χ1n) is 4.93. The first-order valence-corrected chi connectivity index (χ1v) is 4.93. The second-order valence-electron chi connectivity index (χ2n) is 4.41. The van der Waals surface area contributed by atoms with Crippen LogP contribution in [0.15, 0.2) is 24.0 Å². The Balaban J connectivity index is 2.67. The molecule has 1 aliphatic heterocycles. The summed E-state index contributed by atoms with van der Waals surface area (Å²) in [4.78, 5) is 0. The molecule has 1 aliphatic rings. The minimum Gasteiger partial charge on any atom is -0.292 e. The average Bonchev–Trinajstić information content (AvgIpc) is 2.04. The average molecular weight is 180 g/mol. The summed E-state index contributed by atoms with van der Waals surface area (Å²) in [5.41, 5.74) is 5.00. The summed E-state index contributed by atoms with van der Waals surface area (Å²) in [7, 11) is 0. The maximum atomic E-state index is 3.26. The van der Waals surface area contributed by atoms with Crippen LogP contribution in [0.1, 0.15) is 34.1 Å². The Labute approximate surface area is 81.3 Å². The summed E-state index contributed by atoms with van der Waals surface area (Å²) in [6.45, 7) is 9.82. The van der Waals surface area contributed by atoms with E-state index < -0.39 is 0 Å². The van der Waals surface area contributed by atoms with Crippen molar-refractivity contribution in [3.05, 3.63) is 24.0 Å². The van der Waals surface area contributed by atoms with E-state index in [-0.39, 0.29) is 5.41 Å². The van der Waals surface area contributed by atoms with Crippen molar-refractivity contribution in [3.63, 3.8) is 0 Å². The Morgan fingerprint density at radius 2 is 2.15 bits per heavy atom. The van der Waals surface area contributed by atoms with Gasteiger partial charge in [-0.25, -0.2) is 5.43 Å². The lowest BCUT2D eigenvalue weighted by atomic mass is 9.84. The first-order chi connectivity index (χ1) is 6.04. The van der Waals surface area contributed by atoms with Gasteiger partial charge in [0.25, 0.3) is 0 Å². The molecule has 0 spiro atoms. The quantitative estimate of drug-likeness (QED) is 0.703.